The number of rotatable bonds is 6. The van der Waals surface area contributed by atoms with Crippen LogP contribution in [-0.2, 0) is 27.1 Å². The number of hydrogen-bond donors (Lipinski definition) is 2. The third-order valence-electron chi connectivity index (χ3n) is 8.83. The number of anilines is 2. The minimum absolute atomic E-state index is 0.132. The van der Waals surface area contributed by atoms with Crippen LogP contribution in [-0.4, -0.2) is 37.8 Å². The van der Waals surface area contributed by atoms with Gasteiger partial charge in [-0.25, -0.2) is 14.9 Å². The molecule has 214 valence electrons. The predicted molar refractivity (Wildman–Crippen MR) is 158 cm³/mol. The molecule has 1 spiro atoms. The van der Waals surface area contributed by atoms with Crippen LogP contribution >= 0.6 is 34.5 Å². The van der Waals surface area contributed by atoms with Crippen molar-refractivity contribution in [2.45, 2.75) is 48.7 Å². The maximum atomic E-state index is 14.4. The standard InChI is InChI=1S/C30H21Cl2N7O3S/c31-18-10-19(32)12-20(11-18)38-26(42)30(13-17-2-1-16(14-33)9-21(17)30)39-22(15-35-27(38)39)23(40)36-28(3-4-28)24(41)37-29(5-6-29)25-34-7-8-43-25/h1-2,7-12,15H,3-6,13H2,(H,36,40)(H,37,41)/t30-/m0/s1. The monoisotopic (exact) mass is 629 g/mol. The van der Waals surface area contributed by atoms with E-state index in [1.807, 2.05) is 11.4 Å². The van der Waals surface area contributed by atoms with E-state index in [2.05, 4.69) is 26.7 Å². The van der Waals surface area contributed by atoms with Crippen LogP contribution < -0.4 is 15.5 Å². The van der Waals surface area contributed by atoms with E-state index in [1.54, 1.807) is 41.1 Å². The molecule has 0 radical (unpaired) electrons. The van der Waals surface area contributed by atoms with Crippen molar-refractivity contribution in [2.75, 3.05) is 4.90 Å². The highest BCUT2D eigenvalue weighted by atomic mass is 35.5. The summed E-state index contributed by atoms with van der Waals surface area (Å²) in [5, 5.41) is 19.1. The Morgan fingerprint density at radius 2 is 1.79 bits per heavy atom. The number of benzene rings is 2. The topological polar surface area (TPSA) is 133 Å². The van der Waals surface area contributed by atoms with Crippen LogP contribution in [0.3, 0.4) is 0 Å². The van der Waals surface area contributed by atoms with Gasteiger partial charge in [-0.15, -0.1) is 11.3 Å². The highest BCUT2D eigenvalue weighted by Crippen LogP contribution is 2.53. The van der Waals surface area contributed by atoms with Crippen molar-refractivity contribution in [1.82, 2.24) is 25.2 Å². The molecule has 2 aromatic carbocycles. The maximum Gasteiger partial charge on any atom is 0.270 e. The second-order valence-electron chi connectivity index (χ2n) is 11.5. The number of nitrogens with one attached hydrogen (secondary N) is 2. The molecule has 10 nitrogen and oxygen atoms in total. The smallest absolute Gasteiger partial charge is 0.270 e. The van der Waals surface area contributed by atoms with E-state index in [0.29, 0.717) is 46.1 Å². The summed E-state index contributed by atoms with van der Waals surface area (Å²) in [4.78, 5) is 52.2. The quantitative estimate of drug-likeness (QED) is 0.321. The number of fused-ring (bicyclic) bond motifs is 4. The molecule has 1 atom stereocenters. The molecule has 2 N–H and O–H groups in total. The Morgan fingerprint density at radius 1 is 1.02 bits per heavy atom. The van der Waals surface area contributed by atoms with Gasteiger partial charge in [0.15, 0.2) is 5.54 Å². The molecule has 8 rings (SSSR count). The molecular weight excluding hydrogens is 609 g/mol. The molecule has 2 saturated carbocycles. The third kappa shape index (κ3) is 3.73. The van der Waals surface area contributed by atoms with Crippen molar-refractivity contribution >= 4 is 63.9 Å². The van der Waals surface area contributed by atoms with E-state index < -0.39 is 22.5 Å². The van der Waals surface area contributed by atoms with Crippen molar-refractivity contribution < 1.29 is 14.4 Å². The van der Waals surface area contributed by atoms with E-state index in [0.717, 1.165) is 23.4 Å². The average molecular weight is 631 g/mol. The molecule has 2 fully saturated rings. The average Bonchev–Trinajstić information content (AvgIpc) is 3.75. The molecule has 0 bridgehead atoms. The molecule has 0 unspecified atom stereocenters. The number of carbonyl (C=O) groups excluding carboxylic acids is 3. The summed E-state index contributed by atoms with van der Waals surface area (Å²) in [5.74, 6) is -0.892. The lowest BCUT2D eigenvalue weighted by atomic mass is 9.69. The van der Waals surface area contributed by atoms with E-state index in [9.17, 15) is 19.6 Å². The molecule has 0 saturated heterocycles. The number of aromatic nitrogens is 3. The van der Waals surface area contributed by atoms with Gasteiger partial charge in [0, 0.05) is 28.0 Å². The van der Waals surface area contributed by atoms with Crippen molar-refractivity contribution in [2.24, 2.45) is 0 Å². The molecule has 13 heteroatoms. The Balaban J connectivity index is 1.17. The van der Waals surface area contributed by atoms with Gasteiger partial charge in [0.1, 0.15) is 16.2 Å². The molecular formula is C30H21Cl2N7O3S. The first-order chi connectivity index (χ1) is 20.7. The van der Waals surface area contributed by atoms with Crippen molar-refractivity contribution in [1.29, 1.82) is 5.26 Å². The lowest BCUT2D eigenvalue weighted by Crippen LogP contribution is -2.54. The molecule has 2 aromatic heterocycles. The van der Waals surface area contributed by atoms with Gasteiger partial charge in [-0.1, -0.05) is 29.3 Å². The Morgan fingerprint density at radius 3 is 2.44 bits per heavy atom. The van der Waals surface area contributed by atoms with Gasteiger partial charge >= 0.3 is 0 Å². The van der Waals surface area contributed by atoms with Gasteiger partial charge in [0.05, 0.1) is 29.1 Å². The second-order valence-corrected chi connectivity index (χ2v) is 13.2. The summed E-state index contributed by atoms with van der Waals surface area (Å²) >= 11 is 14.1. The predicted octanol–water partition coefficient (Wildman–Crippen LogP) is 4.56. The fourth-order valence-electron chi connectivity index (χ4n) is 6.28. The lowest BCUT2D eigenvalue weighted by molar-refractivity contribution is -0.125. The summed E-state index contributed by atoms with van der Waals surface area (Å²) < 4.78 is 1.62. The van der Waals surface area contributed by atoms with Gasteiger partial charge in [-0.3, -0.25) is 19.0 Å². The zero-order valence-corrected chi connectivity index (χ0v) is 24.7. The molecule has 1 aliphatic heterocycles. The van der Waals surface area contributed by atoms with E-state index in [1.165, 1.54) is 22.4 Å². The summed E-state index contributed by atoms with van der Waals surface area (Å²) in [6.07, 6.45) is 6.00. The number of nitriles is 1. The van der Waals surface area contributed by atoms with Crippen LogP contribution in [0.5, 0.6) is 0 Å². The number of halogens is 2. The molecule has 3 amide bonds. The van der Waals surface area contributed by atoms with Crippen LogP contribution in [0.1, 0.15) is 57.9 Å². The van der Waals surface area contributed by atoms with Crippen LogP contribution in [0, 0.1) is 11.3 Å². The van der Waals surface area contributed by atoms with Gasteiger partial charge < -0.3 is 10.6 Å². The van der Waals surface area contributed by atoms with E-state index >= 15 is 0 Å². The summed E-state index contributed by atoms with van der Waals surface area (Å²) in [6.45, 7) is 0. The minimum atomic E-state index is -1.31. The highest BCUT2D eigenvalue weighted by Gasteiger charge is 2.62. The Labute approximate surface area is 259 Å². The first kappa shape index (κ1) is 26.4. The van der Waals surface area contributed by atoms with Crippen LogP contribution in [0.15, 0.2) is 54.2 Å². The molecule has 3 heterocycles. The van der Waals surface area contributed by atoms with Gasteiger partial charge in [-0.05, 0) is 67.1 Å². The number of amides is 3. The zero-order chi connectivity index (χ0) is 29.7. The van der Waals surface area contributed by atoms with Crippen molar-refractivity contribution in [3.63, 3.8) is 0 Å². The summed E-state index contributed by atoms with van der Waals surface area (Å²) in [5.41, 5.74) is -0.409. The normalized spacial score (nSPS) is 21.4. The fraction of sp³-hybridized carbons (Fsp3) is 0.267. The summed E-state index contributed by atoms with van der Waals surface area (Å²) in [7, 11) is 0. The van der Waals surface area contributed by atoms with Crippen molar-refractivity contribution in [3.8, 4) is 6.07 Å². The largest absolute Gasteiger partial charge is 0.342 e. The van der Waals surface area contributed by atoms with Gasteiger partial charge in [0.2, 0.25) is 11.9 Å². The number of nitrogens with zero attached hydrogens (tertiary/aromatic N) is 5. The number of hydrogen-bond acceptors (Lipinski definition) is 7. The van der Waals surface area contributed by atoms with Gasteiger partial charge in [0.25, 0.3) is 11.8 Å². The Kier molecular flexibility index (Phi) is 5.46. The van der Waals surface area contributed by atoms with Gasteiger partial charge in [-0.2, -0.15) is 5.26 Å². The number of thiazole rings is 1. The van der Waals surface area contributed by atoms with Crippen LogP contribution in [0.25, 0.3) is 0 Å². The highest BCUT2D eigenvalue weighted by molar-refractivity contribution is 7.09. The number of carbonyl (C=O) groups is 3. The lowest BCUT2D eigenvalue weighted by Gasteiger charge is -2.41. The van der Waals surface area contributed by atoms with E-state index in [4.69, 9.17) is 23.2 Å². The zero-order valence-electron chi connectivity index (χ0n) is 22.4. The second kappa shape index (κ2) is 8.89. The minimum Gasteiger partial charge on any atom is -0.342 e. The SMILES string of the molecule is N#Cc1ccc2c(c1)[C@@]1(C2)C(=O)N(c2cc(Cl)cc(Cl)c2)c2ncc(C(=O)NC3(C(=O)NC4(c5nccs5)CC4)CC3)n21. The van der Waals surface area contributed by atoms with Crippen LogP contribution in [0.4, 0.5) is 11.6 Å². The molecule has 3 aliphatic carbocycles. The van der Waals surface area contributed by atoms with Crippen LogP contribution in [0.2, 0.25) is 10.0 Å². The maximum absolute atomic E-state index is 14.4. The van der Waals surface area contributed by atoms with E-state index in [-0.39, 0.29) is 23.5 Å². The molecule has 4 aromatic rings. The fourth-order valence-corrected chi connectivity index (χ4v) is 7.65. The number of imidazole rings is 1. The Bertz CT molecular complexity index is 1920. The molecule has 4 aliphatic rings. The first-order valence-corrected chi connectivity index (χ1v) is 15.3. The van der Waals surface area contributed by atoms with Crippen molar-refractivity contribution in [3.05, 3.63) is 91.6 Å². The first-order valence-electron chi connectivity index (χ1n) is 13.7. The molecule has 43 heavy (non-hydrogen) atoms. The summed E-state index contributed by atoms with van der Waals surface area (Å²) in [6, 6.07) is 12.1. The Hall–Kier alpha value is -4.24. The third-order valence-corrected chi connectivity index (χ3v) is 10.2.